The molecule has 0 bridgehead atoms. The van der Waals surface area contributed by atoms with E-state index in [1.807, 2.05) is 13.8 Å². The van der Waals surface area contributed by atoms with Crippen LogP contribution >= 0.6 is 0 Å². The second-order valence-electron chi connectivity index (χ2n) is 6.07. The molecule has 0 amide bonds. The smallest absolute Gasteiger partial charge is 0.339 e. The Kier molecular flexibility index (Phi) is 5.54. The summed E-state index contributed by atoms with van der Waals surface area (Å²) in [6.45, 7) is 7.84. The first-order valence-electron chi connectivity index (χ1n) is 7.14. The molecule has 0 aromatic rings. The van der Waals surface area contributed by atoms with Crippen molar-refractivity contribution in [2.24, 2.45) is 5.41 Å². The Balaban J connectivity index is 2.85. The minimum atomic E-state index is -1.04. The minimum Gasteiger partial charge on any atom is -0.478 e. The average molecular weight is 280 g/mol. The Morgan fingerprint density at radius 2 is 2.00 bits per heavy atom. The Labute approximate surface area is 120 Å². The molecule has 1 N–H and O–H groups in total. The van der Waals surface area contributed by atoms with E-state index in [0.717, 1.165) is 24.8 Å². The molecule has 0 aromatic carbocycles. The largest absolute Gasteiger partial charge is 0.478 e. The maximum Gasteiger partial charge on any atom is 0.339 e. The van der Waals surface area contributed by atoms with Gasteiger partial charge in [-0.1, -0.05) is 39.2 Å². The quantitative estimate of drug-likeness (QED) is 0.593. The van der Waals surface area contributed by atoms with Crippen LogP contribution in [0.5, 0.6) is 0 Å². The zero-order valence-electron chi connectivity index (χ0n) is 12.8. The Hall–Kier alpha value is -1.58. The highest BCUT2D eigenvalue weighted by Gasteiger charge is 2.31. The summed E-state index contributed by atoms with van der Waals surface area (Å²) in [5.74, 6) is -1.19. The van der Waals surface area contributed by atoms with E-state index in [0.29, 0.717) is 12.8 Å². The van der Waals surface area contributed by atoms with Crippen molar-refractivity contribution in [3.05, 3.63) is 23.0 Å². The second kappa shape index (κ2) is 6.73. The number of carbonyl (C=O) groups is 2. The molecule has 1 aliphatic rings. The molecule has 0 radical (unpaired) electrons. The zero-order chi connectivity index (χ0) is 15.3. The molecule has 0 saturated carbocycles. The Morgan fingerprint density at radius 1 is 1.35 bits per heavy atom. The van der Waals surface area contributed by atoms with Gasteiger partial charge in [-0.15, -0.1) is 0 Å². The highest BCUT2D eigenvalue weighted by atomic mass is 16.5. The van der Waals surface area contributed by atoms with Crippen molar-refractivity contribution in [2.75, 3.05) is 0 Å². The van der Waals surface area contributed by atoms with Gasteiger partial charge in [-0.05, 0) is 31.3 Å². The molecule has 0 unspecified atom stereocenters. The Morgan fingerprint density at radius 3 is 2.55 bits per heavy atom. The molecule has 4 nitrogen and oxygen atoms in total. The lowest BCUT2D eigenvalue weighted by Gasteiger charge is -2.28. The number of hydrogen-bond acceptors (Lipinski definition) is 3. The van der Waals surface area contributed by atoms with Gasteiger partial charge in [0.25, 0.3) is 0 Å². The van der Waals surface area contributed by atoms with Gasteiger partial charge in [0.2, 0.25) is 0 Å². The van der Waals surface area contributed by atoms with Crippen molar-refractivity contribution in [2.45, 2.75) is 59.8 Å². The number of carboxylic acid groups (broad SMARTS) is 1. The summed E-state index contributed by atoms with van der Waals surface area (Å²) in [6, 6.07) is 0. The molecular weight excluding hydrogens is 256 g/mol. The van der Waals surface area contributed by atoms with Crippen LogP contribution < -0.4 is 0 Å². The predicted octanol–water partition coefficient (Wildman–Crippen LogP) is 3.82. The van der Waals surface area contributed by atoms with Gasteiger partial charge in [-0.3, -0.25) is 4.79 Å². The molecule has 0 aliphatic heterocycles. The summed E-state index contributed by atoms with van der Waals surface area (Å²) in [7, 11) is 0. The average Bonchev–Trinajstić information content (AvgIpc) is 2.25. The number of unbranched alkanes of at least 4 members (excludes halogenated alkanes) is 2. The van der Waals surface area contributed by atoms with Gasteiger partial charge in [0, 0.05) is 6.42 Å². The van der Waals surface area contributed by atoms with E-state index in [2.05, 4.69) is 6.92 Å². The fourth-order valence-electron chi connectivity index (χ4n) is 2.52. The van der Waals surface area contributed by atoms with Crippen LogP contribution in [-0.4, -0.2) is 17.0 Å². The molecule has 0 aromatic heterocycles. The van der Waals surface area contributed by atoms with Crippen LogP contribution in [0.25, 0.3) is 0 Å². The highest BCUT2D eigenvalue weighted by Crippen LogP contribution is 2.37. The predicted molar refractivity (Wildman–Crippen MR) is 77.1 cm³/mol. The van der Waals surface area contributed by atoms with Crippen molar-refractivity contribution in [3.63, 3.8) is 0 Å². The maximum absolute atomic E-state index is 11.8. The lowest BCUT2D eigenvalue weighted by molar-refractivity contribution is -0.140. The summed E-state index contributed by atoms with van der Waals surface area (Å²) >= 11 is 0. The van der Waals surface area contributed by atoms with Crippen molar-refractivity contribution in [3.8, 4) is 0 Å². The van der Waals surface area contributed by atoms with Gasteiger partial charge >= 0.3 is 11.9 Å². The third-order valence-electron chi connectivity index (χ3n) is 3.34. The highest BCUT2D eigenvalue weighted by molar-refractivity contribution is 5.93. The number of rotatable bonds is 6. The number of carbonyl (C=O) groups excluding carboxylic acids is 1. The molecule has 112 valence electrons. The molecule has 1 rings (SSSR count). The number of hydrogen-bond donors (Lipinski definition) is 1. The normalized spacial score (nSPS) is 17.7. The van der Waals surface area contributed by atoms with E-state index in [4.69, 9.17) is 4.74 Å². The first kappa shape index (κ1) is 16.5. The number of ether oxygens (including phenoxy) is 1. The number of allylic oxidation sites excluding steroid dienone is 2. The molecule has 0 heterocycles. The van der Waals surface area contributed by atoms with Crippen LogP contribution in [0.2, 0.25) is 0 Å². The first-order valence-corrected chi connectivity index (χ1v) is 7.14. The van der Waals surface area contributed by atoms with E-state index in [-0.39, 0.29) is 22.7 Å². The van der Waals surface area contributed by atoms with Crippen LogP contribution in [0.1, 0.15) is 59.8 Å². The van der Waals surface area contributed by atoms with Crippen LogP contribution in [0.15, 0.2) is 23.0 Å². The summed E-state index contributed by atoms with van der Waals surface area (Å²) in [4.78, 5) is 23.1. The topological polar surface area (TPSA) is 63.6 Å². The van der Waals surface area contributed by atoms with Crippen LogP contribution in [-0.2, 0) is 14.3 Å². The second-order valence-corrected chi connectivity index (χ2v) is 6.07. The standard InChI is InChI=1S/C16H24O4/c1-5-6-7-8-13(17)20-12-10-16(3,4)9-11(2)14(12)15(18)19/h10H,5-9H2,1-4H3,(H,18,19). The molecule has 0 atom stereocenters. The third-order valence-corrected chi connectivity index (χ3v) is 3.34. The molecule has 0 fully saturated rings. The van der Waals surface area contributed by atoms with Gasteiger partial charge in [0.15, 0.2) is 0 Å². The van der Waals surface area contributed by atoms with E-state index < -0.39 is 5.97 Å². The van der Waals surface area contributed by atoms with Crippen LogP contribution in [0.4, 0.5) is 0 Å². The van der Waals surface area contributed by atoms with Crippen LogP contribution in [0.3, 0.4) is 0 Å². The molecular formula is C16H24O4. The summed E-state index contributed by atoms with van der Waals surface area (Å²) < 4.78 is 5.30. The van der Waals surface area contributed by atoms with E-state index >= 15 is 0 Å². The van der Waals surface area contributed by atoms with Crippen molar-refractivity contribution in [1.82, 2.24) is 0 Å². The van der Waals surface area contributed by atoms with Gasteiger partial charge in [0.1, 0.15) is 11.3 Å². The molecule has 4 heteroatoms. The lowest BCUT2D eigenvalue weighted by Crippen LogP contribution is -2.22. The molecule has 0 saturated heterocycles. The fourth-order valence-corrected chi connectivity index (χ4v) is 2.52. The van der Waals surface area contributed by atoms with Gasteiger partial charge in [-0.25, -0.2) is 4.79 Å². The zero-order valence-corrected chi connectivity index (χ0v) is 12.8. The molecule has 0 spiro atoms. The van der Waals surface area contributed by atoms with Crippen LogP contribution in [0, 0.1) is 5.41 Å². The van der Waals surface area contributed by atoms with Crippen molar-refractivity contribution < 1.29 is 19.4 Å². The number of carboxylic acids is 1. The molecule has 1 aliphatic carbocycles. The first-order chi connectivity index (χ1) is 9.26. The lowest BCUT2D eigenvalue weighted by atomic mass is 9.79. The summed E-state index contributed by atoms with van der Waals surface area (Å²) in [6.07, 6.45) is 5.52. The van der Waals surface area contributed by atoms with E-state index in [1.54, 1.807) is 13.0 Å². The monoisotopic (exact) mass is 280 g/mol. The number of aliphatic carboxylic acids is 1. The SMILES string of the molecule is CCCCCC(=O)OC1=CC(C)(C)CC(C)=C1C(=O)O. The summed E-state index contributed by atoms with van der Waals surface area (Å²) in [5.41, 5.74) is 0.691. The van der Waals surface area contributed by atoms with Crippen molar-refractivity contribution >= 4 is 11.9 Å². The van der Waals surface area contributed by atoms with Gasteiger partial charge < -0.3 is 9.84 Å². The Bertz CT molecular complexity index is 455. The molecule has 20 heavy (non-hydrogen) atoms. The van der Waals surface area contributed by atoms with Gasteiger partial charge in [-0.2, -0.15) is 0 Å². The number of esters is 1. The van der Waals surface area contributed by atoms with E-state index in [1.165, 1.54) is 0 Å². The van der Waals surface area contributed by atoms with Crippen molar-refractivity contribution in [1.29, 1.82) is 0 Å². The minimum absolute atomic E-state index is 0.133. The van der Waals surface area contributed by atoms with Gasteiger partial charge in [0.05, 0.1) is 0 Å². The maximum atomic E-state index is 11.8. The fraction of sp³-hybridized carbons (Fsp3) is 0.625. The van der Waals surface area contributed by atoms with E-state index in [9.17, 15) is 14.7 Å². The third kappa shape index (κ3) is 4.51. The summed E-state index contributed by atoms with van der Waals surface area (Å²) in [5, 5.41) is 9.29.